The lowest BCUT2D eigenvalue weighted by Crippen LogP contribution is -2.50. The van der Waals surface area contributed by atoms with Crippen LogP contribution in [0.2, 0.25) is 0 Å². The Hall–Kier alpha value is -0.320. The van der Waals surface area contributed by atoms with Gasteiger partial charge in [-0.15, -0.1) is 12.4 Å². The number of amides is 1. The molecular formula is C12H23ClN2O2. The molecule has 0 spiro atoms. The smallest absolute Gasteiger partial charge is 0.223 e. The molecule has 4 nitrogen and oxygen atoms in total. The molecule has 3 atom stereocenters. The third-order valence-electron chi connectivity index (χ3n) is 3.73. The Morgan fingerprint density at radius 1 is 1.47 bits per heavy atom. The van der Waals surface area contributed by atoms with E-state index in [4.69, 9.17) is 10.5 Å². The summed E-state index contributed by atoms with van der Waals surface area (Å²) in [4.78, 5) is 12.1. The number of hydrogen-bond acceptors (Lipinski definition) is 3. The van der Waals surface area contributed by atoms with Gasteiger partial charge >= 0.3 is 0 Å². The van der Waals surface area contributed by atoms with Gasteiger partial charge < -0.3 is 15.8 Å². The quantitative estimate of drug-likeness (QED) is 0.787. The van der Waals surface area contributed by atoms with E-state index in [0.29, 0.717) is 6.61 Å². The molecule has 17 heavy (non-hydrogen) atoms. The molecule has 2 fully saturated rings. The van der Waals surface area contributed by atoms with Crippen LogP contribution in [0.25, 0.3) is 0 Å². The molecule has 5 heteroatoms. The molecule has 1 aliphatic heterocycles. The molecule has 0 bridgehead atoms. The minimum Gasteiger partial charge on any atom is -0.379 e. The summed E-state index contributed by atoms with van der Waals surface area (Å²) in [5.41, 5.74) is 5.75. The molecule has 2 aliphatic rings. The van der Waals surface area contributed by atoms with Gasteiger partial charge in [0.25, 0.3) is 0 Å². The lowest BCUT2D eigenvalue weighted by Gasteiger charge is -2.30. The fourth-order valence-corrected chi connectivity index (χ4v) is 2.63. The largest absolute Gasteiger partial charge is 0.379 e. The van der Waals surface area contributed by atoms with Crippen LogP contribution in [-0.4, -0.2) is 30.7 Å². The van der Waals surface area contributed by atoms with Crippen molar-refractivity contribution in [3.63, 3.8) is 0 Å². The SMILES string of the molecule is CC1(NC(=O)C2CCCC(N)C2)CCOC1.Cl. The van der Waals surface area contributed by atoms with Crippen LogP contribution in [0, 0.1) is 5.92 Å². The van der Waals surface area contributed by atoms with Crippen LogP contribution in [0.4, 0.5) is 0 Å². The summed E-state index contributed by atoms with van der Waals surface area (Å²) in [5, 5.41) is 3.13. The van der Waals surface area contributed by atoms with Gasteiger partial charge in [0.1, 0.15) is 0 Å². The second-order valence-corrected chi connectivity index (χ2v) is 5.48. The Balaban J connectivity index is 0.00000144. The van der Waals surface area contributed by atoms with E-state index in [-0.39, 0.29) is 35.8 Å². The van der Waals surface area contributed by atoms with E-state index in [0.717, 1.165) is 38.7 Å². The van der Waals surface area contributed by atoms with Gasteiger partial charge in [-0.05, 0) is 32.6 Å². The third kappa shape index (κ3) is 3.83. The van der Waals surface area contributed by atoms with Crippen LogP contribution in [0.5, 0.6) is 0 Å². The van der Waals surface area contributed by atoms with Crippen LogP contribution < -0.4 is 11.1 Å². The summed E-state index contributed by atoms with van der Waals surface area (Å²) in [6.45, 7) is 3.44. The highest BCUT2D eigenvalue weighted by Crippen LogP contribution is 2.25. The van der Waals surface area contributed by atoms with E-state index >= 15 is 0 Å². The Bertz CT molecular complexity index is 267. The Morgan fingerprint density at radius 3 is 2.82 bits per heavy atom. The molecule has 0 aromatic rings. The first-order valence-electron chi connectivity index (χ1n) is 6.24. The highest BCUT2D eigenvalue weighted by atomic mass is 35.5. The van der Waals surface area contributed by atoms with Crippen molar-refractivity contribution in [2.24, 2.45) is 11.7 Å². The van der Waals surface area contributed by atoms with Gasteiger partial charge in [-0.2, -0.15) is 0 Å². The summed E-state index contributed by atoms with van der Waals surface area (Å²) >= 11 is 0. The second kappa shape index (κ2) is 6.03. The fraction of sp³-hybridized carbons (Fsp3) is 0.917. The topological polar surface area (TPSA) is 64.4 Å². The average molecular weight is 263 g/mol. The number of halogens is 1. The van der Waals surface area contributed by atoms with Crippen LogP contribution >= 0.6 is 12.4 Å². The van der Waals surface area contributed by atoms with Crippen molar-refractivity contribution >= 4 is 18.3 Å². The van der Waals surface area contributed by atoms with Gasteiger partial charge in [0.15, 0.2) is 0 Å². The van der Waals surface area contributed by atoms with Gasteiger partial charge in [-0.3, -0.25) is 4.79 Å². The number of hydrogen-bond donors (Lipinski definition) is 2. The standard InChI is InChI=1S/C12H22N2O2.ClH/c1-12(5-6-16-8-12)14-11(15)9-3-2-4-10(13)7-9;/h9-10H,2-8,13H2,1H3,(H,14,15);1H. The maximum atomic E-state index is 12.1. The van der Waals surface area contributed by atoms with Crippen molar-refractivity contribution in [3.05, 3.63) is 0 Å². The summed E-state index contributed by atoms with van der Waals surface area (Å²) < 4.78 is 5.33. The molecule has 0 aromatic carbocycles. The molecule has 1 saturated heterocycles. The zero-order chi connectivity index (χ0) is 11.6. The number of nitrogens with two attached hydrogens (primary N) is 1. The van der Waals surface area contributed by atoms with Gasteiger partial charge in [0.05, 0.1) is 12.1 Å². The molecular weight excluding hydrogens is 240 g/mol. The van der Waals surface area contributed by atoms with Gasteiger partial charge in [0, 0.05) is 18.6 Å². The summed E-state index contributed by atoms with van der Waals surface area (Å²) in [6, 6.07) is 0.206. The molecule has 0 aromatic heterocycles. The highest BCUT2D eigenvalue weighted by Gasteiger charge is 2.34. The van der Waals surface area contributed by atoms with Crippen molar-refractivity contribution in [1.82, 2.24) is 5.32 Å². The lowest BCUT2D eigenvalue weighted by atomic mass is 9.85. The van der Waals surface area contributed by atoms with E-state index in [1.54, 1.807) is 0 Å². The van der Waals surface area contributed by atoms with E-state index in [9.17, 15) is 4.79 Å². The number of rotatable bonds is 2. The van der Waals surface area contributed by atoms with Crippen molar-refractivity contribution in [2.75, 3.05) is 13.2 Å². The minimum absolute atomic E-state index is 0. The molecule has 1 amide bonds. The van der Waals surface area contributed by atoms with Crippen LogP contribution in [0.3, 0.4) is 0 Å². The van der Waals surface area contributed by atoms with Gasteiger partial charge in [0.2, 0.25) is 5.91 Å². The van der Waals surface area contributed by atoms with Crippen LogP contribution in [-0.2, 0) is 9.53 Å². The maximum absolute atomic E-state index is 12.1. The normalized spacial score (nSPS) is 37.3. The van der Waals surface area contributed by atoms with E-state index in [1.165, 1.54) is 0 Å². The average Bonchev–Trinajstić information content (AvgIpc) is 2.65. The number of ether oxygens (including phenoxy) is 1. The number of nitrogens with one attached hydrogen (secondary N) is 1. The predicted octanol–water partition coefficient (Wildman–Crippen LogP) is 1.22. The van der Waals surface area contributed by atoms with E-state index in [1.807, 2.05) is 0 Å². The van der Waals surface area contributed by atoms with Crippen molar-refractivity contribution in [3.8, 4) is 0 Å². The predicted molar refractivity (Wildman–Crippen MR) is 69.2 cm³/mol. The first-order valence-corrected chi connectivity index (χ1v) is 6.24. The van der Waals surface area contributed by atoms with Crippen molar-refractivity contribution < 1.29 is 9.53 Å². The molecule has 100 valence electrons. The maximum Gasteiger partial charge on any atom is 0.223 e. The molecule has 3 N–H and O–H groups in total. The second-order valence-electron chi connectivity index (χ2n) is 5.48. The Morgan fingerprint density at radius 2 is 2.24 bits per heavy atom. The molecule has 1 heterocycles. The molecule has 1 saturated carbocycles. The van der Waals surface area contributed by atoms with Crippen LogP contribution in [0.1, 0.15) is 39.0 Å². The molecule has 3 unspecified atom stereocenters. The van der Waals surface area contributed by atoms with Gasteiger partial charge in [-0.25, -0.2) is 0 Å². The minimum atomic E-state index is -0.154. The summed E-state index contributed by atoms with van der Waals surface area (Å²) in [7, 11) is 0. The highest BCUT2D eigenvalue weighted by molar-refractivity contribution is 5.85. The summed E-state index contributed by atoms with van der Waals surface area (Å²) in [6.07, 6.45) is 4.87. The number of carbonyl (C=O) groups excluding carboxylic acids is 1. The Kier molecular flexibility index (Phi) is 5.22. The lowest BCUT2D eigenvalue weighted by molar-refractivity contribution is -0.128. The van der Waals surface area contributed by atoms with E-state index < -0.39 is 0 Å². The third-order valence-corrected chi connectivity index (χ3v) is 3.73. The Labute approximate surface area is 109 Å². The monoisotopic (exact) mass is 262 g/mol. The molecule has 1 aliphatic carbocycles. The zero-order valence-electron chi connectivity index (χ0n) is 10.4. The number of carbonyl (C=O) groups is 1. The fourth-order valence-electron chi connectivity index (χ4n) is 2.63. The van der Waals surface area contributed by atoms with E-state index in [2.05, 4.69) is 12.2 Å². The zero-order valence-corrected chi connectivity index (χ0v) is 11.2. The molecule has 2 rings (SSSR count). The van der Waals surface area contributed by atoms with Crippen molar-refractivity contribution in [2.45, 2.75) is 50.6 Å². The first-order chi connectivity index (χ1) is 7.59. The summed E-state index contributed by atoms with van der Waals surface area (Å²) in [5.74, 6) is 0.282. The van der Waals surface area contributed by atoms with Gasteiger partial charge in [-0.1, -0.05) is 6.42 Å². The first kappa shape index (κ1) is 14.7. The molecule has 0 radical (unpaired) electrons. The van der Waals surface area contributed by atoms with Crippen LogP contribution in [0.15, 0.2) is 0 Å². The van der Waals surface area contributed by atoms with Crippen molar-refractivity contribution in [1.29, 1.82) is 0 Å².